The molecule has 0 bridgehead atoms. The highest BCUT2D eigenvalue weighted by Crippen LogP contribution is 2.40. The summed E-state index contributed by atoms with van der Waals surface area (Å²) in [4.78, 5) is 16.4. The van der Waals surface area contributed by atoms with Crippen molar-refractivity contribution in [3.63, 3.8) is 0 Å². The van der Waals surface area contributed by atoms with Crippen molar-refractivity contribution < 1.29 is 9.53 Å². The van der Waals surface area contributed by atoms with E-state index in [2.05, 4.69) is 29.9 Å². The van der Waals surface area contributed by atoms with Gasteiger partial charge in [0.15, 0.2) is 0 Å². The molecule has 0 aromatic carbocycles. The van der Waals surface area contributed by atoms with Crippen molar-refractivity contribution >= 4 is 17.6 Å². The van der Waals surface area contributed by atoms with Crippen molar-refractivity contribution in [2.24, 2.45) is 17.8 Å². The van der Waals surface area contributed by atoms with Crippen molar-refractivity contribution in [1.29, 1.82) is 0 Å². The molecule has 1 aliphatic carbocycles. The number of carbonyl (C=O) groups is 1. The molecule has 0 N–H and O–H groups in total. The molecule has 2 aliphatic rings. The van der Waals surface area contributed by atoms with Gasteiger partial charge in [-0.1, -0.05) is 38.2 Å². The fraction of sp³-hybridized carbons (Fsp3) is 0.783. The average molecular weight is 411 g/mol. The molecule has 5 heteroatoms. The predicted octanol–water partition coefficient (Wildman–Crippen LogP) is 4.35. The molecule has 0 amide bonds. The number of carbonyl (C=O) groups excluding carboxylic acids is 1. The van der Waals surface area contributed by atoms with E-state index in [4.69, 9.17) is 16.3 Å². The van der Waals surface area contributed by atoms with Crippen LogP contribution in [0.25, 0.3) is 0 Å². The molecule has 1 aliphatic heterocycles. The highest BCUT2D eigenvalue weighted by atomic mass is 35.5. The third kappa shape index (κ3) is 7.20. The van der Waals surface area contributed by atoms with Crippen LogP contribution in [0.15, 0.2) is 24.3 Å². The van der Waals surface area contributed by atoms with E-state index in [1.807, 2.05) is 6.92 Å². The summed E-state index contributed by atoms with van der Waals surface area (Å²) >= 11 is 6.05. The molecule has 0 radical (unpaired) electrons. The van der Waals surface area contributed by atoms with Gasteiger partial charge < -0.3 is 4.74 Å². The van der Waals surface area contributed by atoms with E-state index >= 15 is 0 Å². The molecule has 3 unspecified atom stereocenters. The second-order valence-corrected chi connectivity index (χ2v) is 8.90. The molecule has 0 spiro atoms. The van der Waals surface area contributed by atoms with Crippen LogP contribution < -0.4 is 0 Å². The summed E-state index contributed by atoms with van der Waals surface area (Å²) in [6.45, 7) is 19.5. The van der Waals surface area contributed by atoms with Crippen LogP contribution in [0, 0.1) is 17.8 Å². The number of alkyl halides is 1. The highest BCUT2D eigenvalue weighted by Gasteiger charge is 2.31. The lowest BCUT2D eigenvalue weighted by atomic mass is 9.70. The van der Waals surface area contributed by atoms with Crippen LogP contribution in [-0.2, 0) is 9.53 Å². The van der Waals surface area contributed by atoms with Gasteiger partial charge in [0.05, 0.1) is 0 Å². The van der Waals surface area contributed by atoms with Gasteiger partial charge in [-0.25, -0.2) is 0 Å². The van der Waals surface area contributed by atoms with Gasteiger partial charge in [0, 0.05) is 51.6 Å². The Hall–Kier alpha value is -0.840. The number of nitrogens with zero attached hydrogens (tertiary/aromatic N) is 2. The SMILES string of the molecule is C=C(CN1CCN(CCOC(=O)CCC)CC1)C1CCC(C)C(C(=C)CCl)C1. The van der Waals surface area contributed by atoms with Crippen molar-refractivity contribution in [2.45, 2.75) is 46.0 Å². The Labute approximate surface area is 176 Å². The molecular weight excluding hydrogens is 372 g/mol. The van der Waals surface area contributed by atoms with Crippen molar-refractivity contribution in [2.75, 3.05) is 51.8 Å². The van der Waals surface area contributed by atoms with Crippen molar-refractivity contribution in [3.05, 3.63) is 24.3 Å². The number of hydrogen-bond donors (Lipinski definition) is 0. The van der Waals surface area contributed by atoms with Gasteiger partial charge >= 0.3 is 5.97 Å². The van der Waals surface area contributed by atoms with Crippen LogP contribution in [0.1, 0.15) is 46.0 Å². The van der Waals surface area contributed by atoms with Crippen LogP contribution in [-0.4, -0.2) is 67.5 Å². The molecule has 2 rings (SSSR count). The Bertz CT molecular complexity index is 529. The Morgan fingerprint density at radius 1 is 1.11 bits per heavy atom. The Morgan fingerprint density at radius 3 is 2.43 bits per heavy atom. The zero-order chi connectivity index (χ0) is 20.5. The molecule has 4 nitrogen and oxygen atoms in total. The number of esters is 1. The number of hydrogen-bond acceptors (Lipinski definition) is 4. The van der Waals surface area contributed by atoms with E-state index in [-0.39, 0.29) is 5.97 Å². The summed E-state index contributed by atoms with van der Waals surface area (Å²) in [7, 11) is 0. The number of halogens is 1. The summed E-state index contributed by atoms with van der Waals surface area (Å²) < 4.78 is 5.28. The molecule has 28 heavy (non-hydrogen) atoms. The number of rotatable bonds is 10. The van der Waals surface area contributed by atoms with Crippen LogP contribution in [0.4, 0.5) is 0 Å². The summed E-state index contributed by atoms with van der Waals surface area (Å²) in [5, 5.41) is 0. The second-order valence-electron chi connectivity index (χ2n) is 8.63. The van der Waals surface area contributed by atoms with Gasteiger partial charge in [-0.05, 0) is 43.4 Å². The normalized spacial score (nSPS) is 26.8. The maximum absolute atomic E-state index is 11.4. The molecule has 1 heterocycles. The minimum atomic E-state index is -0.0746. The minimum absolute atomic E-state index is 0.0746. The van der Waals surface area contributed by atoms with Crippen molar-refractivity contribution in [1.82, 2.24) is 9.80 Å². The first kappa shape index (κ1) is 23.4. The first-order chi connectivity index (χ1) is 13.4. The highest BCUT2D eigenvalue weighted by molar-refractivity contribution is 6.19. The van der Waals surface area contributed by atoms with Crippen LogP contribution in [0.2, 0.25) is 0 Å². The molecular formula is C23H39ClN2O2. The standard InChI is InChI=1S/C23H39ClN2O2/c1-5-6-23(27)28-14-13-25-9-11-26(12-10-25)17-20(4)21-8-7-18(2)22(15-21)19(3)16-24/h18,21-22H,3-17H2,1-2H3. The lowest BCUT2D eigenvalue weighted by molar-refractivity contribution is -0.144. The largest absolute Gasteiger partial charge is 0.464 e. The van der Waals surface area contributed by atoms with Crippen molar-refractivity contribution in [3.8, 4) is 0 Å². The van der Waals surface area contributed by atoms with Crippen LogP contribution >= 0.6 is 11.6 Å². The van der Waals surface area contributed by atoms with E-state index in [1.54, 1.807) is 0 Å². The van der Waals surface area contributed by atoms with Crippen LogP contribution in [0.3, 0.4) is 0 Å². The van der Waals surface area contributed by atoms with E-state index < -0.39 is 0 Å². The summed E-state index contributed by atoms with van der Waals surface area (Å²) in [6.07, 6.45) is 5.02. The first-order valence-electron chi connectivity index (χ1n) is 11.0. The maximum Gasteiger partial charge on any atom is 0.305 e. The summed E-state index contributed by atoms with van der Waals surface area (Å²) in [6, 6.07) is 0. The van der Waals surface area contributed by atoms with E-state index in [0.717, 1.165) is 52.1 Å². The lowest BCUT2D eigenvalue weighted by Gasteiger charge is -2.39. The Kier molecular flexibility index (Phi) is 10.0. The Balaban J connectivity index is 1.69. The monoisotopic (exact) mass is 410 g/mol. The van der Waals surface area contributed by atoms with Gasteiger partial charge in [0.25, 0.3) is 0 Å². The van der Waals surface area contributed by atoms with Gasteiger partial charge in [-0.3, -0.25) is 14.6 Å². The molecule has 0 aromatic rings. The number of allylic oxidation sites excluding steroid dienone is 1. The topological polar surface area (TPSA) is 32.8 Å². The molecule has 3 atom stereocenters. The van der Waals surface area contributed by atoms with E-state index in [0.29, 0.717) is 36.7 Å². The predicted molar refractivity (Wildman–Crippen MR) is 118 cm³/mol. The van der Waals surface area contributed by atoms with E-state index in [1.165, 1.54) is 24.0 Å². The fourth-order valence-electron chi connectivity index (χ4n) is 4.51. The zero-order valence-corrected chi connectivity index (χ0v) is 18.7. The Morgan fingerprint density at radius 2 is 1.79 bits per heavy atom. The maximum atomic E-state index is 11.4. The summed E-state index contributed by atoms with van der Waals surface area (Å²) in [5.41, 5.74) is 2.57. The molecule has 1 saturated heterocycles. The van der Waals surface area contributed by atoms with Gasteiger partial charge in [0.2, 0.25) is 0 Å². The minimum Gasteiger partial charge on any atom is -0.464 e. The fourth-order valence-corrected chi connectivity index (χ4v) is 4.71. The third-order valence-electron chi connectivity index (χ3n) is 6.49. The number of ether oxygens (including phenoxy) is 1. The zero-order valence-electron chi connectivity index (χ0n) is 17.9. The average Bonchev–Trinajstić information content (AvgIpc) is 2.69. The second kappa shape index (κ2) is 12.0. The van der Waals surface area contributed by atoms with Crippen LogP contribution in [0.5, 0.6) is 0 Å². The molecule has 0 aromatic heterocycles. The van der Waals surface area contributed by atoms with Gasteiger partial charge in [-0.15, -0.1) is 11.6 Å². The molecule has 1 saturated carbocycles. The smallest absolute Gasteiger partial charge is 0.305 e. The third-order valence-corrected chi connectivity index (χ3v) is 6.83. The quantitative estimate of drug-likeness (QED) is 0.304. The summed E-state index contributed by atoms with van der Waals surface area (Å²) in [5.74, 6) is 2.32. The van der Waals surface area contributed by atoms with Gasteiger partial charge in [0.1, 0.15) is 6.61 Å². The lowest BCUT2D eigenvalue weighted by Crippen LogP contribution is -2.48. The first-order valence-corrected chi connectivity index (χ1v) is 11.5. The van der Waals surface area contributed by atoms with E-state index in [9.17, 15) is 4.79 Å². The van der Waals surface area contributed by atoms with Gasteiger partial charge in [-0.2, -0.15) is 0 Å². The number of piperazine rings is 1. The molecule has 160 valence electrons. The molecule has 2 fully saturated rings.